The molecule has 3 rings (SSSR count). The Morgan fingerprint density at radius 1 is 1.15 bits per heavy atom. The molecule has 1 aliphatic rings. The maximum Gasteiger partial charge on any atom is 0.246 e. The van der Waals surface area contributed by atoms with Crippen molar-refractivity contribution in [2.24, 2.45) is 0 Å². The third kappa shape index (κ3) is 4.53. The SMILES string of the molecule is CC(C)(C)c1csc(CN2CCN(S(=O)(=O)c3ccc(F)cc3F)CC2)n1. The molecule has 1 fully saturated rings. The monoisotopic (exact) mass is 415 g/mol. The van der Waals surface area contributed by atoms with E-state index >= 15 is 0 Å². The fourth-order valence-corrected chi connectivity index (χ4v) is 5.40. The van der Waals surface area contributed by atoms with E-state index in [4.69, 9.17) is 0 Å². The van der Waals surface area contributed by atoms with Crippen molar-refractivity contribution in [1.82, 2.24) is 14.2 Å². The molecule has 0 amide bonds. The average molecular weight is 416 g/mol. The second-order valence-electron chi connectivity index (χ2n) is 7.63. The highest BCUT2D eigenvalue weighted by atomic mass is 32.2. The van der Waals surface area contributed by atoms with Gasteiger partial charge in [-0.3, -0.25) is 4.90 Å². The highest BCUT2D eigenvalue weighted by molar-refractivity contribution is 7.89. The van der Waals surface area contributed by atoms with Crippen LogP contribution in [0.3, 0.4) is 0 Å². The van der Waals surface area contributed by atoms with Crippen molar-refractivity contribution in [2.75, 3.05) is 26.2 Å². The number of benzene rings is 1. The summed E-state index contributed by atoms with van der Waals surface area (Å²) in [6.45, 7) is 8.60. The predicted molar refractivity (Wildman–Crippen MR) is 101 cm³/mol. The lowest BCUT2D eigenvalue weighted by atomic mass is 9.93. The summed E-state index contributed by atoms with van der Waals surface area (Å²) in [4.78, 5) is 6.33. The van der Waals surface area contributed by atoms with Gasteiger partial charge in [0.2, 0.25) is 10.0 Å². The fraction of sp³-hybridized carbons (Fsp3) is 0.500. The highest BCUT2D eigenvalue weighted by Gasteiger charge is 2.31. The zero-order valence-electron chi connectivity index (χ0n) is 15.6. The molecular weight excluding hydrogens is 392 g/mol. The second-order valence-corrected chi connectivity index (χ2v) is 10.5. The minimum atomic E-state index is -3.97. The number of hydrogen-bond acceptors (Lipinski definition) is 5. The van der Waals surface area contributed by atoms with Gasteiger partial charge in [-0.2, -0.15) is 4.31 Å². The third-order valence-corrected chi connectivity index (χ3v) is 7.29. The second kappa shape index (κ2) is 7.54. The summed E-state index contributed by atoms with van der Waals surface area (Å²) in [5, 5.41) is 3.06. The summed E-state index contributed by atoms with van der Waals surface area (Å²) < 4.78 is 53.5. The Bertz CT molecular complexity index is 915. The zero-order valence-corrected chi connectivity index (χ0v) is 17.2. The molecule has 0 spiro atoms. The molecule has 1 aromatic carbocycles. The molecular formula is C18H23F2N3O2S2. The first-order valence-electron chi connectivity index (χ1n) is 8.70. The van der Waals surface area contributed by atoms with Gasteiger partial charge in [0.25, 0.3) is 0 Å². The molecule has 1 aliphatic heterocycles. The van der Waals surface area contributed by atoms with Crippen molar-refractivity contribution < 1.29 is 17.2 Å². The Morgan fingerprint density at radius 2 is 1.81 bits per heavy atom. The van der Waals surface area contributed by atoms with Crippen molar-refractivity contribution in [3.8, 4) is 0 Å². The summed E-state index contributed by atoms with van der Waals surface area (Å²) >= 11 is 1.61. The van der Waals surface area contributed by atoms with Gasteiger partial charge in [0.05, 0.1) is 12.2 Å². The first-order chi connectivity index (χ1) is 12.6. The van der Waals surface area contributed by atoms with Crippen LogP contribution in [-0.2, 0) is 22.0 Å². The molecule has 0 atom stereocenters. The molecule has 1 saturated heterocycles. The summed E-state index contributed by atoms with van der Waals surface area (Å²) in [7, 11) is -3.97. The number of thiazole rings is 1. The van der Waals surface area contributed by atoms with Crippen molar-refractivity contribution in [1.29, 1.82) is 0 Å². The molecule has 27 heavy (non-hydrogen) atoms. The minimum Gasteiger partial charge on any atom is -0.294 e. The lowest BCUT2D eigenvalue weighted by Gasteiger charge is -2.33. The van der Waals surface area contributed by atoms with Gasteiger partial charge in [0.1, 0.15) is 21.5 Å². The molecule has 0 radical (unpaired) electrons. The molecule has 0 N–H and O–H groups in total. The van der Waals surface area contributed by atoms with E-state index < -0.39 is 26.6 Å². The summed E-state index contributed by atoms with van der Waals surface area (Å²) in [6.07, 6.45) is 0. The largest absolute Gasteiger partial charge is 0.294 e. The zero-order chi connectivity index (χ0) is 19.8. The van der Waals surface area contributed by atoms with Crippen LogP contribution in [-0.4, -0.2) is 48.8 Å². The van der Waals surface area contributed by atoms with E-state index in [-0.39, 0.29) is 18.5 Å². The molecule has 0 aliphatic carbocycles. The normalized spacial score (nSPS) is 17.4. The molecule has 0 bridgehead atoms. The maximum absolute atomic E-state index is 13.9. The van der Waals surface area contributed by atoms with E-state index in [9.17, 15) is 17.2 Å². The van der Waals surface area contributed by atoms with Gasteiger partial charge in [0, 0.05) is 43.0 Å². The molecule has 0 unspecified atom stereocenters. The van der Waals surface area contributed by atoms with Gasteiger partial charge < -0.3 is 0 Å². The molecule has 5 nitrogen and oxygen atoms in total. The van der Waals surface area contributed by atoms with Gasteiger partial charge in [-0.15, -0.1) is 11.3 Å². The Kier molecular flexibility index (Phi) is 5.67. The fourth-order valence-electron chi connectivity index (χ4n) is 2.87. The van der Waals surface area contributed by atoms with Crippen LogP contribution in [0.4, 0.5) is 8.78 Å². The van der Waals surface area contributed by atoms with E-state index in [1.165, 1.54) is 4.31 Å². The van der Waals surface area contributed by atoms with E-state index in [2.05, 4.69) is 36.0 Å². The number of sulfonamides is 1. The molecule has 9 heteroatoms. The van der Waals surface area contributed by atoms with Crippen LogP contribution in [0, 0.1) is 11.6 Å². The molecule has 148 valence electrons. The van der Waals surface area contributed by atoms with Gasteiger partial charge in [-0.1, -0.05) is 20.8 Å². The standard InChI is InChI=1S/C18H23F2N3O2S2/c1-18(2,3)16-12-26-17(21-16)11-22-6-8-23(9-7-22)27(24,25)15-5-4-13(19)10-14(15)20/h4-5,10,12H,6-9,11H2,1-3H3. The summed E-state index contributed by atoms with van der Waals surface area (Å²) in [5.41, 5.74) is 1.05. The summed E-state index contributed by atoms with van der Waals surface area (Å²) in [5.74, 6) is -1.86. The molecule has 2 heterocycles. The lowest BCUT2D eigenvalue weighted by molar-refractivity contribution is 0.181. The van der Waals surface area contributed by atoms with Crippen LogP contribution in [0.15, 0.2) is 28.5 Å². The number of piperazine rings is 1. The third-order valence-electron chi connectivity index (χ3n) is 4.52. The number of hydrogen-bond donors (Lipinski definition) is 0. The maximum atomic E-state index is 13.9. The van der Waals surface area contributed by atoms with Gasteiger partial charge >= 0.3 is 0 Å². The quantitative estimate of drug-likeness (QED) is 0.769. The first kappa shape index (κ1) is 20.3. The number of halogens is 2. The predicted octanol–water partition coefficient (Wildman–Crippen LogP) is 3.23. The highest BCUT2D eigenvalue weighted by Crippen LogP contribution is 2.25. The van der Waals surface area contributed by atoms with Crippen LogP contribution in [0.2, 0.25) is 0 Å². The van der Waals surface area contributed by atoms with Crippen molar-refractivity contribution >= 4 is 21.4 Å². The number of rotatable bonds is 4. The lowest BCUT2D eigenvalue weighted by Crippen LogP contribution is -2.48. The Balaban J connectivity index is 1.64. The van der Waals surface area contributed by atoms with Crippen LogP contribution in [0.5, 0.6) is 0 Å². The van der Waals surface area contributed by atoms with Crippen LogP contribution in [0.25, 0.3) is 0 Å². The van der Waals surface area contributed by atoms with E-state index in [1.54, 1.807) is 11.3 Å². The van der Waals surface area contributed by atoms with Crippen molar-refractivity contribution in [3.63, 3.8) is 0 Å². The molecule has 0 saturated carbocycles. The topological polar surface area (TPSA) is 53.5 Å². The average Bonchev–Trinajstić information content (AvgIpc) is 3.04. The van der Waals surface area contributed by atoms with Gasteiger partial charge in [0.15, 0.2) is 0 Å². The van der Waals surface area contributed by atoms with Crippen LogP contribution >= 0.6 is 11.3 Å². The molecule has 2 aromatic rings. The summed E-state index contributed by atoms with van der Waals surface area (Å²) in [6, 6.07) is 2.54. The van der Waals surface area contributed by atoms with Crippen LogP contribution < -0.4 is 0 Å². The van der Waals surface area contributed by atoms with Gasteiger partial charge in [-0.25, -0.2) is 22.2 Å². The number of nitrogens with zero attached hydrogens (tertiary/aromatic N) is 3. The smallest absolute Gasteiger partial charge is 0.246 e. The van der Waals surface area contributed by atoms with Crippen molar-refractivity contribution in [3.05, 3.63) is 45.9 Å². The Labute approximate surface area is 162 Å². The minimum absolute atomic E-state index is 0.000751. The molecule has 1 aromatic heterocycles. The van der Waals surface area contributed by atoms with Crippen LogP contribution in [0.1, 0.15) is 31.5 Å². The number of aromatic nitrogens is 1. The van der Waals surface area contributed by atoms with Gasteiger partial charge in [-0.05, 0) is 12.1 Å². The Morgan fingerprint density at radius 3 is 2.37 bits per heavy atom. The van der Waals surface area contributed by atoms with Crippen molar-refractivity contribution in [2.45, 2.75) is 37.6 Å². The van der Waals surface area contributed by atoms with E-state index in [0.29, 0.717) is 25.7 Å². The van der Waals surface area contributed by atoms with E-state index in [1.807, 2.05) is 0 Å². The first-order valence-corrected chi connectivity index (χ1v) is 11.0. The Hall–Kier alpha value is -1.42. The van der Waals surface area contributed by atoms with E-state index in [0.717, 1.165) is 22.8 Å².